The van der Waals surface area contributed by atoms with Crippen molar-refractivity contribution in [2.45, 2.75) is 26.8 Å². The Kier molecular flexibility index (Phi) is 4.04. The molecule has 0 fully saturated rings. The van der Waals surface area contributed by atoms with Crippen molar-refractivity contribution >= 4 is 11.0 Å². The highest BCUT2D eigenvalue weighted by atomic mass is 16.5. The second-order valence-corrected chi connectivity index (χ2v) is 6.00. The second-order valence-electron chi connectivity index (χ2n) is 6.00. The van der Waals surface area contributed by atoms with Crippen LogP contribution in [0.2, 0.25) is 0 Å². The molecule has 0 spiro atoms. The lowest BCUT2D eigenvalue weighted by Crippen LogP contribution is -2.24. The topological polar surface area (TPSA) is 86.7 Å². The number of pyridine rings is 1. The molecule has 0 aliphatic carbocycles. The maximum absolute atomic E-state index is 12.3. The van der Waals surface area contributed by atoms with E-state index in [-0.39, 0.29) is 5.56 Å². The van der Waals surface area contributed by atoms with Gasteiger partial charge in [0.1, 0.15) is 11.4 Å². The zero-order chi connectivity index (χ0) is 18.1. The summed E-state index contributed by atoms with van der Waals surface area (Å²) in [4.78, 5) is 25.4. The molecule has 1 aromatic carbocycles. The minimum atomic E-state index is -0.0518. The highest BCUT2D eigenvalue weighted by molar-refractivity contribution is 5.80. The first kappa shape index (κ1) is 16.1. The van der Waals surface area contributed by atoms with Crippen molar-refractivity contribution in [2.75, 3.05) is 0 Å². The molecule has 7 heteroatoms. The van der Waals surface area contributed by atoms with Crippen LogP contribution in [0.5, 0.6) is 0 Å². The van der Waals surface area contributed by atoms with Crippen LogP contribution in [-0.4, -0.2) is 24.7 Å². The van der Waals surface area contributed by atoms with Crippen molar-refractivity contribution in [2.24, 2.45) is 0 Å². The van der Waals surface area contributed by atoms with E-state index in [1.165, 1.54) is 0 Å². The Hall–Kier alpha value is -3.35. The predicted octanol–water partition coefficient (Wildman–Crippen LogP) is 3.23. The lowest BCUT2D eigenvalue weighted by molar-refractivity contribution is 0.431. The summed E-state index contributed by atoms with van der Waals surface area (Å²) >= 11 is 0. The van der Waals surface area contributed by atoms with E-state index < -0.39 is 0 Å². The Balaban J connectivity index is 1.80. The first-order valence-corrected chi connectivity index (χ1v) is 8.44. The van der Waals surface area contributed by atoms with Crippen molar-refractivity contribution in [1.82, 2.24) is 24.7 Å². The summed E-state index contributed by atoms with van der Waals surface area (Å²) in [6, 6.07) is 11.1. The summed E-state index contributed by atoms with van der Waals surface area (Å²) in [5.74, 6) is 0.820. The molecular weight excluding hydrogens is 330 g/mol. The van der Waals surface area contributed by atoms with Crippen LogP contribution < -0.4 is 5.56 Å². The number of fused-ring (bicyclic) bond motifs is 1. The van der Waals surface area contributed by atoms with E-state index in [0.717, 1.165) is 23.0 Å². The first-order chi connectivity index (χ1) is 12.7. The van der Waals surface area contributed by atoms with Crippen LogP contribution in [-0.2, 0) is 6.54 Å². The number of hydrogen-bond acceptors (Lipinski definition) is 6. The highest BCUT2D eigenvalue weighted by Crippen LogP contribution is 2.23. The second kappa shape index (κ2) is 6.51. The highest BCUT2D eigenvalue weighted by Gasteiger charge is 2.14. The largest absolute Gasteiger partial charge is 0.332 e. The standard InChI is InChI=1S/C19H17N5O2/c1-3-10-24-16-8-7-13(11-15(16)21-12(2)19(24)25)17-22-18(26-23-17)14-6-4-5-9-20-14/h4-9,11H,3,10H2,1-2H3. The molecule has 0 radical (unpaired) electrons. The van der Waals surface area contributed by atoms with Crippen LogP contribution in [0.15, 0.2) is 51.9 Å². The number of nitrogens with zero attached hydrogens (tertiary/aromatic N) is 5. The zero-order valence-electron chi connectivity index (χ0n) is 14.5. The summed E-state index contributed by atoms with van der Waals surface area (Å²) in [5, 5.41) is 4.05. The summed E-state index contributed by atoms with van der Waals surface area (Å²) in [6.45, 7) is 4.43. The third kappa shape index (κ3) is 2.77. The Bertz CT molecular complexity index is 1130. The molecule has 4 aromatic rings. The van der Waals surface area contributed by atoms with Crippen LogP contribution in [0.1, 0.15) is 19.0 Å². The summed E-state index contributed by atoms with van der Waals surface area (Å²) < 4.78 is 7.08. The van der Waals surface area contributed by atoms with Crippen LogP contribution in [0.4, 0.5) is 0 Å². The molecule has 0 atom stereocenters. The predicted molar refractivity (Wildman–Crippen MR) is 97.6 cm³/mol. The molecule has 0 aliphatic heterocycles. The fourth-order valence-corrected chi connectivity index (χ4v) is 2.89. The number of rotatable bonds is 4. The zero-order valence-corrected chi connectivity index (χ0v) is 14.5. The molecule has 0 saturated heterocycles. The normalized spacial score (nSPS) is 11.2. The van der Waals surface area contributed by atoms with Gasteiger partial charge in [0.05, 0.1) is 11.0 Å². The maximum atomic E-state index is 12.3. The van der Waals surface area contributed by atoms with E-state index in [1.807, 2.05) is 43.3 Å². The minimum Gasteiger partial charge on any atom is -0.332 e. The molecule has 0 saturated carbocycles. The summed E-state index contributed by atoms with van der Waals surface area (Å²) in [5.41, 5.74) is 3.36. The molecule has 130 valence electrons. The minimum absolute atomic E-state index is 0.0518. The number of aromatic nitrogens is 5. The van der Waals surface area contributed by atoms with Crippen molar-refractivity contribution in [3.05, 3.63) is 58.6 Å². The molecule has 0 amide bonds. The maximum Gasteiger partial charge on any atom is 0.276 e. The van der Waals surface area contributed by atoms with Crippen LogP contribution in [0, 0.1) is 6.92 Å². The molecule has 0 unspecified atom stereocenters. The molecule has 0 N–H and O–H groups in total. The van der Waals surface area contributed by atoms with Crippen LogP contribution in [0.25, 0.3) is 34.0 Å². The lowest BCUT2D eigenvalue weighted by Gasteiger charge is -2.10. The van der Waals surface area contributed by atoms with E-state index in [1.54, 1.807) is 17.7 Å². The van der Waals surface area contributed by atoms with Crippen LogP contribution >= 0.6 is 0 Å². The van der Waals surface area contributed by atoms with Gasteiger partial charge < -0.3 is 9.09 Å². The van der Waals surface area contributed by atoms with E-state index in [9.17, 15) is 4.79 Å². The van der Waals surface area contributed by atoms with Gasteiger partial charge in [-0.05, 0) is 43.7 Å². The van der Waals surface area contributed by atoms with Gasteiger partial charge in [-0.2, -0.15) is 4.98 Å². The third-order valence-corrected chi connectivity index (χ3v) is 4.12. The van der Waals surface area contributed by atoms with Crippen molar-refractivity contribution < 1.29 is 4.52 Å². The van der Waals surface area contributed by atoms with Crippen molar-refractivity contribution in [1.29, 1.82) is 0 Å². The first-order valence-electron chi connectivity index (χ1n) is 8.44. The number of hydrogen-bond donors (Lipinski definition) is 0. The number of aryl methyl sites for hydroxylation is 2. The lowest BCUT2D eigenvalue weighted by atomic mass is 10.1. The molecule has 26 heavy (non-hydrogen) atoms. The van der Waals surface area contributed by atoms with E-state index in [4.69, 9.17) is 4.52 Å². The van der Waals surface area contributed by atoms with Gasteiger partial charge in [0.15, 0.2) is 0 Å². The van der Waals surface area contributed by atoms with E-state index in [2.05, 4.69) is 20.1 Å². The van der Waals surface area contributed by atoms with Crippen LogP contribution in [0.3, 0.4) is 0 Å². The Morgan fingerprint density at radius 3 is 2.81 bits per heavy atom. The molecule has 3 heterocycles. The summed E-state index contributed by atoms with van der Waals surface area (Å²) in [7, 11) is 0. The molecule has 0 bridgehead atoms. The van der Waals surface area contributed by atoms with Gasteiger partial charge in [0.2, 0.25) is 5.82 Å². The van der Waals surface area contributed by atoms with E-state index in [0.29, 0.717) is 29.6 Å². The fraction of sp³-hybridized carbons (Fsp3) is 0.211. The van der Waals surface area contributed by atoms with Gasteiger partial charge in [0, 0.05) is 18.3 Å². The smallest absolute Gasteiger partial charge is 0.276 e. The van der Waals surface area contributed by atoms with Gasteiger partial charge >= 0.3 is 0 Å². The monoisotopic (exact) mass is 347 g/mol. The Morgan fingerprint density at radius 1 is 1.15 bits per heavy atom. The van der Waals surface area contributed by atoms with Gasteiger partial charge in [0.25, 0.3) is 11.4 Å². The summed E-state index contributed by atoms with van der Waals surface area (Å²) in [6.07, 6.45) is 2.55. The quantitative estimate of drug-likeness (QED) is 0.563. The average molecular weight is 347 g/mol. The van der Waals surface area contributed by atoms with E-state index >= 15 is 0 Å². The molecule has 4 rings (SSSR count). The third-order valence-electron chi connectivity index (χ3n) is 4.12. The SMILES string of the molecule is CCCn1c(=O)c(C)nc2cc(-c3noc(-c4ccccn4)n3)ccc21. The van der Waals surface area contributed by atoms with Gasteiger partial charge in [-0.3, -0.25) is 9.78 Å². The molecule has 0 aliphatic rings. The van der Waals surface area contributed by atoms with Crippen molar-refractivity contribution in [3.63, 3.8) is 0 Å². The molecule has 3 aromatic heterocycles. The van der Waals surface area contributed by atoms with Crippen molar-refractivity contribution in [3.8, 4) is 23.0 Å². The number of benzene rings is 1. The van der Waals surface area contributed by atoms with Gasteiger partial charge in [-0.1, -0.05) is 18.1 Å². The Labute approximate surface area is 149 Å². The Morgan fingerprint density at radius 2 is 2.04 bits per heavy atom. The van der Waals surface area contributed by atoms with Gasteiger partial charge in [-0.15, -0.1) is 0 Å². The average Bonchev–Trinajstić information content (AvgIpc) is 3.16. The molecular formula is C19H17N5O2. The fourth-order valence-electron chi connectivity index (χ4n) is 2.89. The molecule has 7 nitrogen and oxygen atoms in total. The van der Waals surface area contributed by atoms with Gasteiger partial charge in [-0.25, -0.2) is 4.98 Å².